The summed E-state index contributed by atoms with van der Waals surface area (Å²) in [5.74, 6) is 0.725. The summed E-state index contributed by atoms with van der Waals surface area (Å²) in [6, 6.07) is 16.9. The van der Waals surface area contributed by atoms with Crippen molar-refractivity contribution in [3.05, 3.63) is 59.7 Å². The van der Waals surface area contributed by atoms with Crippen molar-refractivity contribution in [1.29, 1.82) is 5.26 Å². The first-order valence-corrected chi connectivity index (χ1v) is 7.35. The lowest BCUT2D eigenvalue weighted by Crippen LogP contribution is -2.31. The summed E-state index contributed by atoms with van der Waals surface area (Å²) in [6.45, 7) is 0.735. The van der Waals surface area contributed by atoms with Gasteiger partial charge in [0, 0.05) is 12.2 Å². The highest BCUT2D eigenvalue weighted by Crippen LogP contribution is 2.12. The fraction of sp³-hybridized carbons (Fsp3) is 0.222. The highest BCUT2D eigenvalue weighted by molar-refractivity contribution is 5.80. The molecule has 2 rings (SSSR count). The van der Waals surface area contributed by atoms with Crippen LogP contribution in [0.3, 0.4) is 0 Å². The van der Waals surface area contributed by atoms with E-state index in [1.807, 2.05) is 30.3 Å². The number of amides is 1. The van der Waals surface area contributed by atoms with Gasteiger partial charge >= 0.3 is 0 Å². The molecule has 2 aromatic carbocycles. The van der Waals surface area contributed by atoms with Gasteiger partial charge in [0.1, 0.15) is 5.75 Å². The molecule has 5 heteroatoms. The molecular formula is C18H19N3O2. The SMILES string of the molecule is COc1cccc(CCNC(=O)CNc2cccc(C#N)c2)c1. The van der Waals surface area contributed by atoms with Crippen molar-refractivity contribution >= 4 is 11.6 Å². The van der Waals surface area contributed by atoms with Crippen molar-refractivity contribution in [2.45, 2.75) is 6.42 Å². The molecule has 2 aromatic rings. The number of nitrogens with one attached hydrogen (secondary N) is 2. The zero-order chi connectivity index (χ0) is 16.5. The topological polar surface area (TPSA) is 74.2 Å². The number of nitrogens with zero attached hydrogens (tertiary/aromatic N) is 1. The third-order valence-corrected chi connectivity index (χ3v) is 3.31. The highest BCUT2D eigenvalue weighted by atomic mass is 16.5. The zero-order valence-electron chi connectivity index (χ0n) is 13.0. The monoisotopic (exact) mass is 309 g/mol. The van der Waals surface area contributed by atoms with Gasteiger partial charge in [-0.2, -0.15) is 5.26 Å². The zero-order valence-corrected chi connectivity index (χ0v) is 13.0. The van der Waals surface area contributed by atoms with Gasteiger partial charge < -0.3 is 15.4 Å². The average molecular weight is 309 g/mol. The number of carbonyl (C=O) groups excluding carboxylic acids is 1. The Bertz CT molecular complexity index is 707. The van der Waals surface area contributed by atoms with E-state index in [1.165, 1.54) is 0 Å². The minimum atomic E-state index is -0.0877. The van der Waals surface area contributed by atoms with Gasteiger partial charge in [-0.15, -0.1) is 0 Å². The maximum Gasteiger partial charge on any atom is 0.239 e. The van der Waals surface area contributed by atoms with Crippen LogP contribution in [0.2, 0.25) is 0 Å². The van der Waals surface area contributed by atoms with Crippen LogP contribution in [0, 0.1) is 11.3 Å². The van der Waals surface area contributed by atoms with E-state index in [1.54, 1.807) is 25.3 Å². The number of benzene rings is 2. The van der Waals surface area contributed by atoms with Crippen molar-refractivity contribution in [3.8, 4) is 11.8 Å². The molecular weight excluding hydrogens is 290 g/mol. The Hall–Kier alpha value is -3.00. The lowest BCUT2D eigenvalue weighted by molar-refractivity contribution is -0.119. The number of nitriles is 1. The summed E-state index contributed by atoms with van der Waals surface area (Å²) >= 11 is 0. The highest BCUT2D eigenvalue weighted by Gasteiger charge is 2.02. The Kier molecular flexibility index (Phi) is 6.01. The van der Waals surface area contributed by atoms with E-state index in [4.69, 9.17) is 10.00 Å². The molecule has 0 saturated carbocycles. The molecule has 0 saturated heterocycles. The Balaban J connectivity index is 1.73. The molecule has 0 bridgehead atoms. The summed E-state index contributed by atoms with van der Waals surface area (Å²) < 4.78 is 5.17. The molecule has 0 aliphatic rings. The number of ether oxygens (including phenoxy) is 1. The third-order valence-electron chi connectivity index (χ3n) is 3.31. The first kappa shape index (κ1) is 16.4. The summed E-state index contributed by atoms with van der Waals surface area (Å²) in [7, 11) is 1.63. The molecule has 0 aromatic heterocycles. The van der Waals surface area contributed by atoms with Crippen molar-refractivity contribution < 1.29 is 9.53 Å². The number of hydrogen-bond acceptors (Lipinski definition) is 4. The summed E-state index contributed by atoms with van der Waals surface area (Å²) in [6.07, 6.45) is 0.743. The first-order chi connectivity index (χ1) is 11.2. The van der Waals surface area contributed by atoms with Crippen LogP contribution in [-0.4, -0.2) is 26.1 Å². The van der Waals surface area contributed by atoms with Gasteiger partial charge in [-0.05, 0) is 42.3 Å². The van der Waals surface area contributed by atoms with E-state index >= 15 is 0 Å². The summed E-state index contributed by atoms with van der Waals surface area (Å²) in [4.78, 5) is 11.8. The molecule has 118 valence electrons. The van der Waals surface area contributed by atoms with Crippen LogP contribution in [0.15, 0.2) is 48.5 Å². The van der Waals surface area contributed by atoms with E-state index in [-0.39, 0.29) is 12.5 Å². The predicted molar refractivity (Wildman–Crippen MR) is 89.4 cm³/mol. The van der Waals surface area contributed by atoms with E-state index in [9.17, 15) is 4.79 Å². The predicted octanol–water partition coefficient (Wildman–Crippen LogP) is 2.34. The number of rotatable bonds is 7. The second-order valence-corrected chi connectivity index (χ2v) is 5.00. The first-order valence-electron chi connectivity index (χ1n) is 7.35. The fourth-order valence-corrected chi connectivity index (χ4v) is 2.12. The van der Waals surface area contributed by atoms with Crippen LogP contribution < -0.4 is 15.4 Å². The molecule has 0 fully saturated rings. The number of methoxy groups -OCH3 is 1. The van der Waals surface area contributed by atoms with E-state index in [2.05, 4.69) is 16.7 Å². The smallest absolute Gasteiger partial charge is 0.239 e. The molecule has 0 aliphatic carbocycles. The third kappa shape index (κ3) is 5.36. The molecule has 2 N–H and O–H groups in total. The molecule has 1 amide bonds. The van der Waals surface area contributed by atoms with E-state index in [0.717, 1.165) is 23.4 Å². The molecule has 0 radical (unpaired) electrons. The molecule has 0 heterocycles. The minimum absolute atomic E-state index is 0.0877. The van der Waals surface area contributed by atoms with Gasteiger partial charge in [-0.1, -0.05) is 18.2 Å². The Morgan fingerprint density at radius 1 is 1.22 bits per heavy atom. The van der Waals surface area contributed by atoms with Gasteiger partial charge in [-0.25, -0.2) is 0 Å². The van der Waals surface area contributed by atoms with Gasteiger partial charge in [0.25, 0.3) is 0 Å². The van der Waals surface area contributed by atoms with Crippen molar-refractivity contribution in [2.75, 3.05) is 25.5 Å². The Labute approximate surface area is 135 Å². The van der Waals surface area contributed by atoms with Crippen LogP contribution in [0.5, 0.6) is 5.75 Å². The van der Waals surface area contributed by atoms with Crippen LogP contribution in [-0.2, 0) is 11.2 Å². The van der Waals surface area contributed by atoms with Crippen molar-refractivity contribution in [1.82, 2.24) is 5.32 Å². The number of hydrogen-bond donors (Lipinski definition) is 2. The van der Waals surface area contributed by atoms with Gasteiger partial charge in [0.15, 0.2) is 0 Å². The van der Waals surface area contributed by atoms with Crippen LogP contribution in [0.1, 0.15) is 11.1 Å². The molecule has 0 unspecified atom stereocenters. The normalized spacial score (nSPS) is 9.74. The Morgan fingerprint density at radius 3 is 2.83 bits per heavy atom. The summed E-state index contributed by atoms with van der Waals surface area (Å²) in [5.41, 5.74) is 2.43. The Morgan fingerprint density at radius 2 is 2.04 bits per heavy atom. The number of anilines is 1. The lowest BCUT2D eigenvalue weighted by atomic mass is 10.1. The maximum atomic E-state index is 11.8. The maximum absolute atomic E-state index is 11.8. The number of carbonyl (C=O) groups is 1. The van der Waals surface area contributed by atoms with Crippen LogP contribution >= 0.6 is 0 Å². The standard InChI is InChI=1S/C18H19N3O2/c1-23-17-7-3-4-14(11-17)8-9-20-18(22)13-21-16-6-2-5-15(10-16)12-19/h2-7,10-11,21H,8-9,13H2,1H3,(H,20,22). The van der Waals surface area contributed by atoms with E-state index < -0.39 is 0 Å². The van der Waals surface area contributed by atoms with Crippen molar-refractivity contribution in [2.24, 2.45) is 0 Å². The fourth-order valence-electron chi connectivity index (χ4n) is 2.12. The van der Waals surface area contributed by atoms with Gasteiger partial charge in [-0.3, -0.25) is 4.79 Å². The van der Waals surface area contributed by atoms with Gasteiger partial charge in [0.05, 0.1) is 25.3 Å². The van der Waals surface area contributed by atoms with Crippen LogP contribution in [0.4, 0.5) is 5.69 Å². The van der Waals surface area contributed by atoms with E-state index in [0.29, 0.717) is 12.1 Å². The average Bonchev–Trinajstić information content (AvgIpc) is 2.60. The minimum Gasteiger partial charge on any atom is -0.497 e. The molecule has 0 spiro atoms. The van der Waals surface area contributed by atoms with Crippen LogP contribution in [0.25, 0.3) is 0 Å². The van der Waals surface area contributed by atoms with Gasteiger partial charge in [0.2, 0.25) is 5.91 Å². The molecule has 0 atom stereocenters. The molecule has 0 aliphatic heterocycles. The molecule has 23 heavy (non-hydrogen) atoms. The quantitative estimate of drug-likeness (QED) is 0.823. The molecule has 5 nitrogen and oxygen atoms in total. The second kappa shape index (κ2) is 8.44. The summed E-state index contributed by atoms with van der Waals surface area (Å²) in [5, 5.41) is 14.7. The largest absolute Gasteiger partial charge is 0.497 e. The second-order valence-electron chi connectivity index (χ2n) is 5.00. The lowest BCUT2D eigenvalue weighted by Gasteiger charge is -2.08. The van der Waals surface area contributed by atoms with Crippen molar-refractivity contribution in [3.63, 3.8) is 0 Å².